The lowest BCUT2D eigenvalue weighted by atomic mass is 10.2. The van der Waals surface area contributed by atoms with Crippen LogP contribution in [-0.4, -0.2) is 10.2 Å². The average molecular weight is 123 g/mol. The van der Waals surface area contributed by atoms with Gasteiger partial charge in [-0.2, -0.15) is 5.10 Å². The van der Waals surface area contributed by atoms with Gasteiger partial charge in [-0.3, -0.25) is 4.79 Å². The highest BCUT2D eigenvalue weighted by Crippen LogP contribution is 1.92. The highest BCUT2D eigenvalue weighted by atomic mass is 16.1. The monoisotopic (exact) mass is 123 g/mol. The Bertz CT molecular complexity index is 264. The first-order chi connectivity index (χ1) is 4.22. The van der Waals surface area contributed by atoms with Crippen LogP contribution in [0.15, 0.2) is 4.79 Å². The fourth-order valence-corrected chi connectivity index (χ4v) is 0.501. The standard InChI is InChI=1S/C6H7N2O/c1-4-3-7-8-6(9)5(4)2/h1-2H3,(H,8,9). The van der Waals surface area contributed by atoms with Gasteiger partial charge in [0.2, 0.25) is 0 Å². The van der Waals surface area contributed by atoms with Gasteiger partial charge < -0.3 is 0 Å². The fraction of sp³-hybridized carbons (Fsp3) is 0.333. The third-order valence-electron chi connectivity index (χ3n) is 1.28. The molecule has 1 aromatic rings. The first-order valence-electron chi connectivity index (χ1n) is 2.65. The molecule has 0 aliphatic carbocycles. The summed E-state index contributed by atoms with van der Waals surface area (Å²) in [5.41, 5.74) is 1.36. The van der Waals surface area contributed by atoms with Gasteiger partial charge in [0.1, 0.15) is 6.20 Å². The summed E-state index contributed by atoms with van der Waals surface area (Å²) >= 11 is 0. The summed E-state index contributed by atoms with van der Waals surface area (Å²) in [6, 6.07) is 0. The molecule has 3 nitrogen and oxygen atoms in total. The molecule has 1 aromatic heterocycles. The molecule has 1 rings (SSSR count). The van der Waals surface area contributed by atoms with E-state index in [2.05, 4.69) is 16.4 Å². The Balaban J connectivity index is 3.43. The Morgan fingerprint density at radius 2 is 2.22 bits per heavy atom. The Hall–Kier alpha value is -1.12. The lowest BCUT2D eigenvalue weighted by Gasteiger charge is -1.91. The Kier molecular flexibility index (Phi) is 1.34. The van der Waals surface area contributed by atoms with Crippen molar-refractivity contribution in [2.75, 3.05) is 0 Å². The van der Waals surface area contributed by atoms with Crippen molar-refractivity contribution < 1.29 is 0 Å². The van der Waals surface area contributed by atoms with Crippen molar-refractivity contribution in [1.82, 2.24) is 10.2 Å². The SMILES string of the molecule is Cc1[c]n[nH]c(=O)c1C. The van der Waals surface area contributed by atoms with Crippen LogP contribution in [0.1, 0.15) is 11.1 Å². The van der Waals surface area contributed by atoms with E-state index in [-0.39, 0.29) is 5.56 Å². The maximum Gasteiger partial charge on any atom is 0.267 e. The first-order valence-corrected chi connectivity index (χ1v) is 2.65. The summed E-state index contributed by atoms with van der Waals surface area (Å²) in [4.78, 5) is 10.7. The Labute approximate surface area is 52.7 Å². The van der Waals surface area contributed by atoms with E-state index >= 15 is 0 Å². The Morgan fingerprint density at radius 3 is 2.67 bits per heavy atom. The number of hydrogen-bond acceptors (Lipinski definition) is 2. The molecule has 1 heterocycles. The second-order valence-electron chi connectivity index (χ2n) is 1.91. The van der Waals surface area contributed by atoms with Gasteiger partial charge in [-0.1, -0.05) is 0 Å². The van der Waals surface area contributed by atoms with Crippen molar-refractivity contribution in [3.8, 4) is 0 Å². The number of nitrogens with one attached hydrogen (secondary N) is 1. The molecule has 3 heteroatoms. The molecule has 9 heavy (non-hydrogen) atoms. The van der Waals surface area contributed by atoms with Crippen molar-refractivity contribution in [2.45, 2.75) is 13.8 Å². The van der Waals surface area contributed by atoms with Gasteiger partial charge in [-0.25, -0.2) is 5.10 Å². The molecule has 0 fully saturated rings. The molecule has 0 unspecified atom stereocenters. The molecule has 0 aliphatic heterocycles. The van der Waals surface area contributed by atoms with E-state index in [1.807, 2.05) is 0 Å². The number of aryl methyl sites for hydroxylation is 1. The second kappa shape index (κ2) is 2.01. The van der Waals surface area contributed by atoms with Gasteiger partial charge in [-0.15, -0.1) is 0 Å². The van der Waals surface area contributed by atoms with Gasteiger partial charge >= 0.3 is 0 Å². The van der Waals surface area contributed by atoms with E-state index in [4.69, 9.17) is 0 Å². The lowest BCUT2D eigenvalue weighted by Crippen LogP contribution is -2.12. The van der Waals surface area contributed by atoms with Crippen molar-refractivity contribution in [3.63, 3.8) is 0 Å². The minimum Gasteiger partial charge on any atom is -0.268 e. The summed E-state index contributed by atoms with van der Waals surface area (Å²) in [6.45, 7) is 3.55. The minimum absolute atomic E-state index is 0.133. The van der Waals surface area contributed by atoms with Crippen LogP contribution < -0.4 is 5.56 Å². The molecule has 0 aliphatic rings. The maximum absolute atomic E-state index is 10.7. The van der Waals surface area contributed by atoms with E-state index in [9.17, 15) is 4.79 Å². The molecular weight excluding hydrogens is 116 g/mol. The average Bonchev–Trinajstić information content (AvgIpc) is 1.83. The van der Waals surface area contributed by atoms with Crippen LogP contribution in [0.25, 0.3) is 0 Å². The zero-order chi connectivity index (χ0) is 6.85. The summed E-state index contributed by atoms with van der Waals surface area (Å²) in [5.74, 6) is 0. The third kappa shape index (κ3) is 0.988. The molecule has 0 amide bonds. The van der Waals surface area contributed by atoms with E-state index in [1.54, 1.807) is 13.8 Å². The maximum atomic E-state index is 10.7. The summed E-state index contributed by atoms with van der Waals surface area (Å²) < 4.78 is 0. The number of H-pyrrole nitrogens is 1. The fourth-order valence-electron chi connectivity index (χ4n) is 0.501. The van der Waals surface area contributed by atoms with Crippen molar-refractivity contribution >= 4 is 0 Å². The molecule has 0 aromatic carbocycles. The van der Waals surface area contributed by atoms with Crippen LogP contribution in [0.5, 0.6) is 0 Å². The molecule has 1 N–H and O–H groups in total. The molecule has 0 spiro atoms. The third-order valence-corrected chi connectivity index (χ3v) is 1.28. The molecule has 0 atom stereocenters. The van der Waals surface area contributed by atoms with Crippen LogP contribution in [0.3, 0.4) is 0 Å². The smallest absolute Gasteiger partial charge is 0.267 e. The summed E-state index contributed by atoms with van der Waals surface area (Å²) in [6.07, 6.45) is 2.63. The van der Waals surface area contributed by atoms with Gasteiger partial charge in [0.15, 0.2) is 0 Å². The predicted molar refractivity (Wildman–Crippen MR) is 33.2 cm³/mol. The second-order valence-corrected chi connectivity index (χ2v) is 1.91. The molecule has 47 valence electrons. The van der Waals surface area contributed by atoms with Crippen molar-refractivity contribution in [1.29, 1.82) is 0 Å². The molecule has 0 saturated heterocycles. The van der Waals surface area contributed by atoms with Crippen LogP contribution in [0, 0.1) is 20.0 Å². The normalized spacial score (nSPS) is 9.56. The predicted octanol–water partition coefficient (Wildman–Crippen LogP) is 0.187. The van der Waals surface area contributed by atoms with Crippen LogP contribution in [0.2, 0.25) is 0 Å². The van der Waals surface area contributed by atoms with Crippen molar-refractivity contribution in [3.05, 3.63) is 27.7 Å². The van der Waals surface area contributed by atoms with Crippen LogP contribution in [-0.2, 0) is 0 Å². The summed E-state index contributed by atoms with van der Waals surface area (Å²) in [5, 5.41) is 5.76. The number of nitrogens with zero attached hydrogens (tertiary/aromatic N) is 1. The van der Waals surface area contributed by atoms with Gasteiger partial charge in [0.25, 0.3) is 5.56 Å². The Morgan fingerprint density at radius 1 is 1.56 bits per heavy atom. The van der Waals surface area contributed by atoms with Crippen LogP contribution in [0.4, 0.5) is 0 Å². The number of hydrogen-bond donors (Lipinski definition) is 1. The minimum atomic E-state index is -0.133. The topological polar surface area (TPSA) is 45.8 Å². The van der Waals surface area contributed by atoms with Crippen molar-refractivity contribution in [2.24, 2.45) is 0 Å². The highest BCUT2D eigenvalue weighted by molar-refractivity contribution is 5.14. The molecule has 0 bridgehead atoms. The van der Waals surface area contributed by atoms with E-state index in [1.165, 1.54) is 0 Å². The lowest BCUT2D eigenvalue weighted by molar-refractivity contribution is 0.943. The number of rotatable bonds is 0. The zero-order valence-electron chi connectivity index (χ0n) is 5.36. The van der Waals surface area contributed by atoms with Crippen LogP contribution >= 0.6 is 0 Å². The molecule has 1 radical (unpaired) electrons. The first kappa shape index (κ1) is 6.01. The zero-order valence-corrected chi connectivity index (χ0v) is 5.36. The van der Waals surface area contributed by atoms with E-state index in [0.29, 0.717) is 5.56 Å². The largest absolute Gasteiger partial charge is 0.268 e. The van der Waals surface area contributed by atoms with E-state index < -0.39 is 0 Å². The molecular formula is C6H7N2O. The number of aromatic amines is 1. The quantitative estimate of drug-likeness (QED) is 0.535. The highest BCUT2D eigenvalue weighted by Gasteiger charge is 1.94. The molecule has 0 saturated carbocycles. The van der Waals surface area contributed by atoms with E-state index in [0.717, 1.165) is 5.56 Å². The van der Waals surface area contributed by atoms with Gasteiger partial charge in [-0.05, 0) is 19.4 Å². The van der Waals surface area contributed by atoms with Gasteiger partial charge in [0.05, 0.1) is 0 Å². The van der Waals surface area contributed by atoms with Gasteiger partial charge in [0, 0.05) is 5.56 Å². The summed E-state index contributed by atoms with van der Waals surface area (Å²) in [7, 11) is 0. The number of aromatic nitrogens is 2.